The first kappa shape index (κ1) is 16.4. The summed E-state index contributed by atoms with van der Waals surface area (Å²) in [5.74, 6) is 0.837. The van der Waals surface area contributed by atoms with Gasteiger partial charge < -0.3 is 4.74 Å². The molecule has 0 saturated heterocycles. The summed E-state index contributed by atoms with van der Waals surface area (Å²) in [6.45, 7) is 9.49. The number of hydrogen-bond donors (Lipinski definition) is 0. The van der Waals surface area contributed by atoms with Gasteiger partial charge in [0.15, 0.2) is 0 Å². The standard InChI is InChI=1S/C15H15F3OS/c1-4-11(2)5-6-12(3)19-13-7-9-14(10-8-13)20-15(16,17)18/h5-10H,2-4H2,1H3/b6-5-. The number of hydrogen-bond acceptors (Lipinski definition) is 2. The molecule has 0 N–H and O–H groups in total. The molecular weight excluding hydrogens is 285 g/mol. The monoisotopic (exact) mass is 300 g/mol. The minimum Gasteiger partial charge on any atom is -0.458 e. The summed E-state index contributed by atoms with van der Waals surface area (Å²) >= 11 is -0.158. The summed E-state index contributed by atoms with van der Waals surface area (Å²) in [4.78, 5) is 0.116. The molecule has 1 aromatic carbocycles. The molecule has 0 aromatic heterocycles. The molecule has 1 aromatic rings. The van der Waals surface area contributed by atoms with Crippen molar-refractivity contribution in [1.82, 2.24) is 0 Å². The van der Waals surface area contributed by atoms with Crippen LogP contribution in [0.15, 0.2) is 65.8 Å². The van der Waals surface area contributed by atoms with E-state index < -0.39 is 5.51 Å². The van der Waals surface area contributed by atoms with E-state index in [0.717, 1.165) is 12.0 Å². The minimum atomic E-state index is -4.28. The number of rotatable bonds is 6. The van der Waals surface area contributed by atoms with Crippen LogP contribution >= 0.6 is 11.8 Å². The van der Waals surface area contributed by atoms with E-state index in [1.807, 2.05) is 6.92 Å². The molecule has 0 aliphatic carbocycles. The van der Waals surface area contributed by atoms with Gasteiger partial charge in [0.05, 0.1) is 0 Å². The van der Waals surface area contributed by atoms with E-state index in [4.69, 9.17) is 4.74 Å². The van der Waals surface area contributed by atoms with Gasteiger partial charge in [0.1, 0.15) is 11.5 Å². The van der Waals surface area contributed by atoms with Crippen LogP contribution in [0, 0.1) is 0 Å². The second-order valence-electron chi connectivity index (χ2n) is 3.93. The number of halogens is 3. The van der Waals surface area contributed by atoms with E-state index >= 15 is 0 Å². The van der Waals surface area contributed by atoms with E-state index in [-0.39, 0.29) is 16.7 Å². The predicted octanol–water partition coefficient (Wildman–Crippen LogP) is 5.71. The highest BCUT2D eigenvalue weighted by molar-refractivity contribution is 8.00. The van der Waals surface area contributed by atoms with Gasteiger partial charge in [-0.15, -0.1) is 0 Å². The third-order valence-electron chi connectivity index (χ3n) is 2.27. The predicted molar refractivity (Wildman–Crippen MR) is 76.7 cm³/mol. The molecule has 0 spiro atoms. The fourth-order valence-corrected chi connectivity index (χ4v) is 1.76. The van der Waals surface area contributed by atoms with Crippen LogP contribution in [-0.2, 0) is 0 Å². The Labute approximate surface area is 120 Å². The fraction of sp³-hybridized carbons (Fsp3) is 0.200. The van der Waals surface area contributed by atoms with Crippen molar-refractivity contribution >= 4 is 11.8 Å². The summed E-state index contributed by atoms with van der Waals surface area (Å²) in [7, 11) is 0. The number of allylic oxidation sites excluding steroid dienone is 3. The van der Waals surface area contributed by atoms with Gasteiger partial charge >= 0.3 is 5.51 Å². The van der Waals surface area contributed by atoms with Gasteiger partial charge in [-0.05, 0) is 48.5 Å². The van der Waals surface area contributed by atoms with E-state index in [1.54, 1.807) is 12.2 Å². The Bertz CT molecular complexity index is 501. The maximum atomic E-state index is 12.2. The van der Waals surface area contributed by atoms with Crippen molar-refractivity contribution in [2.45, 2.75) is 23.7 Å². The van der Waals surface area contributed by atoms with Gasteiger partial charge in [-0.2, -0.15) is 13.2 Å². The summed E-state index contributed by atoms with van der Waals surface area (Å²) in [5, 5.41) is 0. The van der Waals surface area contributed by atoms with Crippen LogP contribution in [0.3, 0.4) is 0 Å². The van der Waals surface area contributed by atoms with Crippen molar-refractivity contribution in [3.05, 3.63) is 60.9 Å². The summed E-state index contributed by atoms with van der Waals surface area (Å²) in [6, 6.07) is 5.66. The van der Waals surface area contributed by atoms with E-state index in [2.05, 4.69) is 13.2 Å². The van der Waals surface area contributed by atoms with Gasteiger partial charge in [-0.25, -0.2) is 0 Å². The van der Waals surface area contributed by atoms with E-state index in [9.17, 15) is 13.2 Å². The Morgan fingerprint density at radius 2 is 1.80 bits per heavy atom. The lowest BCUT2D eigenvalue weighted by Crippen LogP contribution is -1.98. The minimum absolute atomic E-state index is 0.116. The van der Waals surface area contributed by atoms with Gasteiger partial charge in [0, 0.05) is 4.90 Å². The molecule has 1 nitrogen and oxygen atoms in total. The van der Waals surface area contributed by atoms with Crippen molar-refractivity contribution in [2.75, 3.05) is 0 Å². The first-order valence-corrected chi connectivity index (χ1v) is 6.70. The maximum Gasteiger partial charge on any atom is 0.446 e. The Morgan fingerprint density at radius 3 is 2.30 bits per heavy atom. The summed E-state index contributed by atoms with van der Waals surface area (Å²) in [6.07, 6.45) is 4.29. The van der Waals surface area contributed by atoms with Crippen LogP contribution in [0.5, 0.6) is 5.75 Å². The number of benzene rings is 1. The number of thioether (sulfide) groups is 1. The normalized spacial score (nSPS) is 11.6. The highest BCUT2D eigenvalue weighted by Gasteiger charge is 2.28. The van der Waals surface area contributed by atoms with Crippen LogP contribution in [0.25, 0.3) is 0 Å². The molecule has 20 heavy (non-hydrogen) atoms. The highest BCUT2D eigenvalue weighted by Crippen LogP contribution is 2.37. The number of alkyl halides is 3. The molecule has 0 bridgehead atoms. The highest BCUT2D eigenvalue weighted by atomic mass is 32.2. The molecule has 0 unspecified atom stereocenters. The average Bonchev–Trinajstić information content (AvgIpc) is 2.36. The van der Waals surface area contributed by atoms with Gasteiger partial charge in [-0.3, -0.25) is 0 Å². The molecule has 0 saturated carbocycles. The molecule has 108 valence electrons. The zero-order valence-corrected chi connectivity index (χ0v) is 11.9. The van der Waals surface area contributed by atoms with Gasteiger partial charge in [-0.1, -0.05) is 31.7 Å². The number of ether oxygens (including phenoxy) is 1. The molecule has 0 atom stereocenters. The third-order valence-corrected chi connectivity index (χ3v) is 3.00. The molecule has 0 aliphatic heterocycles. The Morgan fingerprint density at radius 1 is 1.20 bits per heavy atom. The van der Waals surface area contributed by atoms with E-state index in [1.165, 1.54) is 24.3 Å². The zero-order valence-electron chi connectivity index (χ0n) is 11.0. The molecule has 0 heterocycles. The lowest BCUT2D eigenvalue weighted by Gasteiger charge is -2.08. The molecule has 1 rings (SSSR count). The molecule has 5 heteroatoms. The summed E-state index contributed by atoms with van der Waals surface area (Å²) < 4.78 is 41.9. The molecule has 0 amide bonds. The van der Waals surface area contributed by atoms with Crippen molar-refractivity contribution < 1.29 is 17.9 Å². The van der Waals surface area contributed by atoms with Crippen molar-refractivity contribution in [3.8, 4) is 5.75 Å². The van der Waals surface area contributed by atoms with Crippen molar-refractivity contribution in [2.24, 2.45) is 0 Å². The molecule has 0 fully saturated rings. The first-order valence-electron chi connectivity index (χ1n) is 5.88. The van der Waals surface area contributed by atoms with Crippen LogP contribution < -0.4 is 4.74 Å². The van der Waals surface area contributed by atoms with Crippen molar-refractivity contribution in [1.29, 1.82) is 0 Å². The Kier molecular flexibility index (Phi) is 5.95. The molecular formula is C15H15F3OS. The SMILES string of the molecule is C=C(/C=C\C(=C)Oc1ccc(SC(F)(F)F)cc1)CC. The van der Waals surface area contributed by atoms with Crippen LogP contribution in [0.2, 0.25) is 0 Å². The zero-order chi connectivity index (χ0) is 15.2. The fourth-order valence-electron chi connectivity index (χ4n) is 1.22. The van der Waals surface area contributed by atoms with Crippen LogP contribution in [-0.4, -0.2) is 5.51 Å². The maximum absolute atomic E-state index is 12.2. The second-order valence-corrected chi connectivity index (χ2v) is 5.07. The van der Waals surface area contributed by atoms with Crippen LogP contribution in [0.1, 0.15) is 13.3 Å². The molecule has 0 aliphatic rings. The lowest BCUT2D eigenvalue weighted by atomic mass is 10.2. The topological polar surface area (TPSA) is 9.23 Å². The van der Waals surface area contributed by atoms with E-state index in [0.29, 0.717) is 11.5 Å². The van der Waals surface area contributed by atoms with Gasteiger partial charge in [0.25, 0.3) is 0 Å². The van der Waals surface area contributed by atoms with Gasteiger partial charge in [0.2, 0.25) is 0 Å². The molecule has 0 radical (unpaired) electrons. The lowest BCUT2D eigenvalue weighted by molar-refractivity contribution is -0.0328. The Balaban J connectivity index is 2.59. The quantitative estimate of drug-likeness (QED) is 0.378. The smallest absolute Gasteiger partial charge is 0.446 e. The second kappa shape index (κ2) is 7.24. The largest absolute Gasteiger partial charge is 0.458 e. The average molecular weight is 300 g/mol. The van der Waals surface area contributed by atoms with Crippen molar-refractivity contribution in [3.63, 3.8) is 0 Å². The summed E-state index contributed by atoms with van der Waals surface area (Å²) in [5.41, 5.74) is -3.35. The van der Waals surface area contributed by atoms with Crippen LogP contribution in [0.4, 0.5) is 13.2 Å². The first-order chi connectivity index (χ1) is 9.30. The third kappa shape index (κ3) is 6.52. The Hall–Kier alpha value is -1.62.